The van der Waals surface area contributed by atoms with Gasteiger partial charge in [-0.1, -0.05) is 35.3 Å². The highest BCUT2D eigenvalue weighted by atomic mass is 35.5. The van der Waals surface area contributed by atoms with Gasteiger partial charge in [-0.25, -0.2) is 5.43 Å². The molecule has 2 aromatic rings. The zero-order chi connectivity index (χ0) is 14.8. The molecule has 0 amide bonds. The highest BCUT2D eigenvalue weighted by Gasteiger charge is 2.24. The van der Waals surface area contributed by atoms with Crippen molar-refractivity contribution in [2.24, 2.45) is 5.84 Å². The normalized spacial score (nSPS) is 15.8. The van der Waals surface area contributed by atoms with Gasteiger partial charge in [0, 0.05) is 10.0 Å². The summed E-state index contributed by atoms with van der Waals surface area (Å²) in [6.07, 6.45) is 2.62. The molecule has 0 spiro atoms. The van der Waals surface area contributed by atoms with Crippen molar-refractivity contribution in [2.75, 3.05) is 0 Å². The Hall–Kier alpha value is -1.26. The van der Waals surface area contributed by atoms with Crippen molar-refractivity contribution in [2.45, 2.75) is 25.0 Å². The van der Waals surface area contributed by atoms with Gasteiger partial charge in [-0.3, -0.25) is 5.84 Å². The van der Waals surface area contributed by atoms with E-state index in [1.807, 2.05) is 30.3 Å². The third-order valence-corrected chi connectivity index (χ3v) is 4.03. The number of nitrogens with two attached hydrogens (primary N) is 1. The van der Waals surface area contributed by atoms with Gasteiger partial charge in [0.05, 0.1) is 12.1 Å². The summed E-state index contributed by atoms with van der Waals surface area (Å²) in [5.74, 6) is 6.58. The maximum Gasteiger partial charge on any atom is 0.120 e. The lowest BCUT2D eigenvalue weighted by Gasteiger charge is -2.19. The van der Waals surface area contributed by atoms with Crippen LogP contribution in [0.3, 0.4) is 0 Å². The molecular weight excluding hydrogens is 307 g/mol. The highest BCUT2D eigenvalue weighted by Crippen LogP contribution is 2.33. The van der Waals surface area contributed by atoms with E-state index in [0.717, 1.165) is 29.7 Å². The topological polar surface area (TPSA) is 47.3 Å². The highest BCUT2D eigenvalue weighted by molar-refractivity contribution is 6.33. The molecule has 110 valence electrons. The van der Waals surface area contributed by atoms with Crippen LogP contribution >= 0.6 is 23.2 Å². The summed E-state index contributed by atoms with van der Waals surface area (Å²) in [6.45, 7) is 0. The van der Waals surface area contributed by atoms with E-state index in [1.54, 1.807) is 12.1 Å². The Balaban J connectivity index is 1.93. The van der Waals surface area contributed by atoms with Crippen molar-refractivity contribution < 1.29 is 4.74 Å². The van der Waals surface area contributed by atoms with Gasteiger partial charge in [-0.15, -0.1) is 0 Å². The Morgan fingerprint density at radius 1 is 1.14 bits per heavy atom. The molecule has 21 heavy (non-hydrogen) atoms. The average Bonchev–Trinajstić information content (AvgIpc) is 3.28. The number of hydrazine groups is 1. The maximum absolute atomic E-state index is 6.27. The number of hydrogen-bond donors (Lipinski definition) is 2. The Bertz CT molecular complexity index is 644. The standard InChI is InChI=1S/C16H16Cl2N2O/c17-11-4-7-15(18)14(9-11)16(20-19)10-2-1-3-13(8-10)21-12-5-6-12/h1-4,7-9,12,16,20H,5-6,19H2. The van der Waals surface area contributed by atoms with Crippen LogP contribution in [-0.2, 0) is 0 Å². The molecule has 3 N–H and O–H groups in total. The molecule has 0 heterocycles. The smallest absolute Gasteiger partial charge is 0.120 e. The lowest BCUT2D eigenvalue weighted by molar-refractivity contribution is 0.302. The first-order chi connectivity index (χ1) is 10.2. The number of halogens is 2. The molecule has 3 nitrogen and oxygen atoms in total. The molecule has 2 aromatic carbocycles. The maximum atomic E-state index is 6.27. The van der Waals surface area contributed by atoms with Crippen molar-refractivity contribution in [3.05, 3.63) is 63.6 Å². The summed E-state index contributed by atoms with van der Waals surface area (Å²) >= 11 is 12.3. The Kier molecular flexibility index (Phi) is 4.36. The SMILES string of the molecule is NNC(c1cccc(OC2CC2)c1)c1cc(Cl)ccc1Cl. The Morgan fingerprint density at radius 3 is 2.67 bits per heavy atom. The fraction of sp³-hybridized carbons (Fsp3) is 0.250. The molecule has 0 bridgehead atoms. The van der Waals surface area contributed by atoms with E-state index in [1.165, 1.54) is 0 Å². The predicted molar refractivity (Wildman–Crippen MR) is 85.7 cm³/mol. The number of benzene rings is 2. The summed E-state index contributed by atoms with van der Waals surface area (Å²) < 4.78 is 5.82. The molecule has 0 aromatic heterocycles. The molecule has 3 rings (SSSR count). The van der Waals surface area contributed by atoms with Gasteiger partial charge in [-0.2, -0.15) is 0 Å². The largest absolute Gasteiger partial charge is 0.490 e. The van der Waals surface area contributed by atoms with Crippen LogP contribution in [0.25, 0.3) is 0 Å². The molecule has 5 heteroatoms. The van der Waals surface area contributed by atoms with E-state index in [9.17, 15) is 0 Å². The second-order valence-corrected chi connectivity index (χ2v) is 6.00. The van der Waals surface area contributed by atoms with Crippen LogP contribution in [0.5, 0.6) is 5.75 Å². The van der Waals surface area contributed by atoms with Crippen LogP contribution in [0.1, 0.15) is 30.0 Å². The van der Waals surface area contributed by atoms with E-state index in [-0.39, 0.29) is 6.04 Å². The Morgan fingerprint density at radius 2 is 1.95 bits per heavy atom. The summed E-state index contributed by atoms with van der Waals surface area (Å²) in [7, 11) is 0. The fourth-order valence-corrected chi connectivity index (χ4v) is 2.65. The molecule has 1 aliphatic carbocycles. The molecule has 1 unspecified atom stereocenters. The van der Waals surface area contributed by atoms with E-state index < -0.39 is 0 Å². The van der Waals surface area contributed by atoms with Crippen LogP contribution in [0, 0.1) is 0 Å². The van der Waals surface area contributed by atoms with Gasteiger partial charge in [0.2, 0.25) is 0 Å². The number of hydrogen-bond acceptors (Lipinski definition) is 3. The number of ether oxygens (including phenoxy) is 1. The molecule has 0 aliphatic heterocycles. The third kappa shape index (κ3) is 3.50. The van der Waals surface area contributed by atoms with Crippen molar-refractivity contribution >= 4 is 23.2 Å². The number of rotatable bonds is 5. The monoisotopic (exact) mass is 322 g/mol. The molecule has 0 radical (unpaired) electrons. The summed E-state index contributed by atoms with van der Waals surface area (Å²) in [4.78, 5) is 0. The van der Waals surface area contributed by atoms with Crippen molar-refractivity contribution in [3.63, 3.8) is 0 Å². The minimum atomic E-state index is -0.237. The summed E-state index contributed by atoms with van der Waals surface area (Å²) in [6, 6.07) is 13.0. The molecule has 1 aliphatic rings. The zero-order valence-corrected chi connectivity index (χ0v) is 12.9. The second kappa shape index (κ2) is 6.24. The quantitative estimate of drug-likeness (QED) is 0.644. The van der Waals surface area contributed by atoms with Crippen LogP contribution in [0.4, 0.5) is 0 Å². The van der Waals surface area contributed by atoms with Crippen LogP contribution in [0.2, 0.25) is 10.0 Å². The predicted octanol–water partition coefficient (Wildman–Crippen LogP) is 4.09. The van der Waals surface area contributed by atoms with Crippen LogP contribution in [0.15, 0.2) is 42.5 Å². The molecule has 0 saturated heterocycles. The van der Waals surface area contributed by atoms with Gasteiger partial charge in [0.1, 0.15) is 5.75 Å². The van der Waals surface area contributed by atoms with Gasteiger partial charge in [0.15, 0.2) is 0 Å². The summed E-state index contributed by atoms with van der Waals surface area (Å²) in [5.41, 5.74) is 4.63. The second-order valence-electron chi connectivity index (χ2n) is 5.16. The molecule has 1 saturated carbocycles. The average molecular weight is 323 g/mol. The van der Waals surface area contributed by atoms with Gasteiger partial charge < -0.3 is 4.74 Å². The lowest BCUT2D eigenvalue weighted by atomic mass is 9.99. The van der Waals surface area contributed by atoms with E-state index in [0.29, 0.717) is 16.1 Å². The van der Waals surface area contributed by atoms with Crippen molar-refractivity contribution in [1.29, 1.82) is 0 Å². The fourth-order valence-electron chi connectivity index (χ4n) is 2.25. The lowest BCUT2D eigenvalue weighted by Crippen LogP contribution is -2.29. The molecule has 1 fully saturated rings. The van der Waals surface area contributed by atoms with Crippen molar-refractivity contribution in [3.8, 4) is 5.75 Å². The van der Waals surface area contributed by atoms with Crippen LogP contribution in [-0.4, -0.2) is 6.10 Å². The minimum absolute atomic E-state index is 0.237. The van der Waals surface area contributed by atoms with E-state index in [4.69, 9.17) is 33.8 Å². The summed E-state index contributed by atoms with van der Waals surface area (Å²) in [5, 5.41) is 1.25. The Labute approximate surface area is 134 Å². The van der Waals surface area contributed by atoms with E-state index >= 15 is 0 Å². The first-order valence-corrected chi connectivity index (χ1v) is 7.60. The number of nitrogens with one attached hydrogen (secondary N) is 1. The van der Waals surface area contributed by atoms with E-state index in [2.05, 4.69) is 5.43 Å². The minimum Gasteiger partial charge on any atom is -0.490 e. The zero-order valence-electron chi connectivity index (χ0n) is 11.4. The first-order valence-electron chi connectivity index (χ1n) is 6.85. The third-order valence-electron chi connectivity index (χ3n) is 3.45. The van der Waals surface area contributed by atoms with Gasteiger partial charge in [0.25, 0.3) is 0 Å². The molecule has 1 atom stereocenters. The van der Waals surface area contributed by atoms with Crippen molar-refractivity contribution in [1.82, 2.24) is 5.43 Å². The van der Waals surface area contributed by atoms with Gasteiger partial charge >= 0.3 is 0 Å². The molecular formula is C16H16Cl2N2O. The van der Waals surface area contributed by atoms with Gasteiger partial charge in [-0.05, 0) is 54.3 Å². The first kappa shape index (κ1) is 14.7. The van der Waals surface area contributed by atoms with Crippen LogP contribution < -0.4 is 16.0 Å².